The second-order valence-corrected chi connectivity index (χ2v) is 9.39. The second-order valence-electron chi connectivity index (χ2n) is 8.33. The number of rotatable bonds is 16. The first-order chi connectivity index (χ1) is 18.2. The summed E-state index contributed by atoms with van der Waals surface area (Å²) in [5.41, 5.74) is 3.53. The summed E-state index contributed by atoms with van der Waals surface area (Å²) < 4.78 is 44.3. The number of aryl methyl sites for hydroxylation is 2. The van der Waals surface area contributed by atoms with Crippen molar-refractivity contribution >= 4 is 23.5 Å². The third kappa shape index (κ3) is 8.49. The molecule has 196 valence electrons. The number of pyridine rings is 2. The zero-order chi connectivity index (χ0) is 25.7. The normalized spacial score (nSPS) is 11.1. The van der Waals surface area contributed by atoms with Gasteiger partial charge >= 0.3 is 0 Å². The molecule has 0 fully saturated rings. The van der Waals surface area contributed by atoms with E-state index in [2.05, 4.69) is 17.5 Å². The van der Waals surface area contributed by atoms with Crippen LogP contribution < -0.4 is 18.6 Å². The summed E-state index contributed by atoms with van der Waals surface area (Å²) in [6, 6.07) is 7.96. The van der Waals surface area contributed by atoms with Gasteiger partial charge in [-0.15, -0.1) is 8.75 Å². The summed E-state index contributed by atoms with van der Waals surface area (Å²) in [7, 11) is 3.95. The number of nitrogens with zero attached hydrogens (tertiary/aromatic N) is 6. The van der Waals surface area contributed by atoms with Gasteiger partial charge in [0.1, 0.15) is 14.1 Å². The Labute approximate surface area is 225 Å². The molecule has 0 aromatic carbocycles. The molecular weight excluding hydrogens is 512 g/mol. The minimum atomic E-state index is 0.535. The van der Waals surface area contributed by atoms with Gasteiger partial charge in [-0.05, 0) is 18.6 Å². The van der Waals surface area contributed by atoms with Gasteiger partial charge in [-0.25, -0.2) is 9.13 Å². The molecule has 12 heteroatoms. The van der Waals surface area contributed by atoms with Crippen LogP contribution in [0.5, 0.6) is 11.8 Å². The van der Waals surface area contributed by atoms with Gasteiger partial charge in [0, 0.05) is 51.4 Å². The maximum Gasteiger partial charge on any atom is 0.254 e. The van der Waals surface area contributed by atoms with E-state index in [4.69, 9.17) is 18.9 Å². The van der Waals surface area contributed by atoms with E-state index in [0.717, 1.165) is 65.2 Å². The highest BCUT2D eigenvalue weighted by atomic mass is 32.1. The zero-order valence-corrected chi connectivity index (χ0v) is 22.7. The summed E-state index contributed by atoms with van der Waals surface area (Å²) in [4.78, 5) is 0. The summed E-state index contributed by atoms with van der Waals surface area (Å²) in [6.07, 6.45) is 10.4. The highest BCUT2D eigenvalue weighted by Crippen LogP contribution is 2.27. The van der Waals surface area contributed by atoms with Crippen molar-refractivity contribution < 1.29 is 28.1 Å². The zero-order valence-electron chi connectivity index (χ0n) is 21.1. The summed E-state index contributed by atoms with van der Waals surface area (Å²) in [5, 5.41) is 0. The van der Waals surface area contributed by atoms with E-state index in [-0.39, 0.29) is 0 Å². The lowest BCUT2D eigenvalue weighted by atomic mass is 10.2. The molecule has 0 aliphatic heterocycles. The van der Waals surface area contributed by atoms with Crippen molar-refractivity contribution in [3.63, 3.8) is 0 Å². The van der Waals surface area contributed by atoms with Gasteiger partial charge in [0.15, 0.2) is 36.2 Å². The first-order valence-electron chi connectivity index (χ1n) is 12.2. The Hall–Kier alpha value is -3.06. The van der Waals surface area contributed by atoms with Gasteiger partial charge in [-0.3, -0.25) is 0 Å². The summed E-state index contributed by atoms with van der Waals surface area (Å²) in [6.45, 7) is 3.64. The minimum Gasteiger partial charge on any atom is -0.475 e. The van der Waals surface area contributed by atoms with Gasteiger partial charge in [-0.2, -0.15) is 8.75 Å². The molecule has 0 unspecified atom stereocenters. The molecule has 37 heavy (non-hydrogen) atoms. The lowest BCUT2D eigenvalue weighted by Crippen LogP contribution is -2.26. The van der Waals surface area contributed by atoms with Crippen LogP contribution in [-0.4, -0.2) is 57.1 Å². The summed E-state index contributed by atoms with van der Waals surface area (Å²) in [5.74, 6) is 1.15. The van der Waals surface area contributed by atoms with Crippen molar-refractivity contribution in [2.75, 3.05) is 39.6 Å². The summed E-state index contributed by atoms with van der Waals surface area (Å²) >= 11 is 2.31. The maximum atomic E-state index is 5.82. The van der Waals surface area contributed by atoms with Crippen molar-refractivity contribution in [1.29, 1.82) is 0 Å². The molecule has 0 aliphatic carbocycles. The quantitative estimate of drug-likeness (QED) is 0.157. The predicted molar refractivity (Wildman–Crippen MR) is 140 cm³/mol. The molecule has 0 saturated heterocycles. The van der Waals surface area contributed by atoms with E-state index in [1.165, 1.54) is 0 Å². The molecule has 0 saturated carbocycles. The van der Waals surface area contributed by atoms with E-state index in [0.29, 0.717) is 51.4 Å². The molecule has 0 radical (unpaired) electrons. The van der Waals surface area contributed by atoms with Crippen LogP contribution in [0.2, 0.25) is 0 Å². The van der Waals surface area contributed by atoms with E-state index in [1.54, 1.807) is 0 Å². The maximum absolute atomic E-state index is 5.82. The van der Waals surface area contributed by atoms with Gasteiger partial charge in [0.2, 0.25) is 0 Å². The second kappa shape index (κ2) is 14.6. The van der Waals surface area contributed by atoms with Crippen LogP contribution >= 0.6 is 23.5 Å². The van der Waals surface area contributed by atoms with E-state index >= 15 is 0 Å². The largest absolute Gasteiger partial charge is 0.475 e. The average Bonchev–Trinajstić information content (AvgIpc) is 3.56. The molecule has 0 atom stereocenters. The minimum absolute atomic E-state index is 0.535. The highest BCUT2D eigenvalue weighted by Gasteiger charge is 2.15. The van der Waals surface area contributed by atoms with Crippen LogP contribution in [0.25, 0.3) is 22.5 Å². The molecule has 4 rings (SSSR count). The smallest absolute Gasteiger partial charge is 0.254 e. The van der Waals surface area contributed by atoms with E-state index < -0.39 is 0 Å². The average molecular weight is 545 g/mol. The molecule has 4 aromatic heterocycles. The van der Waals surface area contributed by atoms with Crippen LogP contribution in [0.4, 0.5) is 0 Å². The Balaban J connectivity index is 1.00. The molecule has 0 aliphatic rings. The van der Waals surface area contributed by atoms with Gasteiger partial charge in [-0.1, -0.05) is 0 Å². The van der Waals surface area contributed by atoms with Crippen LogP contribution in [0, 0.1) is 0 Å². The fourth-order valence-corrected chi connectivity index (χ4v) is 4.52. The molecule has 0 amide bonds. The number of aromatic nitrogens is 6. The molecule has 4 heterocycles. The fraction of sp³-hybridized carbons (Fsp3) is 0.440. The molecular formula is C25H32N6O4S2+2. The lowest BCUT2D eigenvalue weighted by Gasteiger charge is -2.07. The van der Waals surface area contributed by atoms with E-state index in [9.17, 15) is 0 Å². The Bertz CT molecular complexity index is 1140. The standard InChI is InChI=1S/C25H32N6O4S2/c1-30-10-3-8-20(18-30)22-24(28-36-26-22)34-16-6-14-32-12-5-13-33-15-7-17-35-25-23(27-37-29-25)21-9-4-11-31(2)19-21/h3-4,8-11,18-19H,5-7,12-17H2,1-2H3/q+2. The Morgan fingerprint density at radius 2 is 1.05 bits per heavy atom. The third-order valence-electron chi connectivity index (χ3n) is 5.26. The first-order valence-corrected chi connectivity index (χ1v) is 13.6. The van der Waals surface area contributed by atoms with Crippen LogP contribution in [0.3, 0.4) is 0 Å². The van der Waals surface area contributed by atoms with Crippen LogP contribution in [0.15, 0.2) is 49.1 Å². The van der Waals surface area contributed by atoms with Crippen LogP contribution in [-0.2, 0) is 23.6 Å². The fourth-order valence-electron chi connectivity index (χ4n) is 3.49. The Kier molecular flexibility index (Phi) is 10.7. The first kappa shape index (κ1) is 27.0. The molecule has 4 aromatic rings. The van der Waals surface area contributed by atoms with Crippen molar-refractivity contribution in [1.82, 2.24) is 17.5 Å². The van der Waals surface area contributed by atoms with Gasteiger partial charge in [0.05, 0.1) is 47.8 Å². The molecule has 10 nitrogen and oxygen atoms in total. The van der Waals surface area contributed by atoms with E-state index in [1.807, 2.05) is 72.3 Å². The van der Waals surface area contributed by atoms with Gasteiger partial charge in [0.25, 0.3) is 11.8 Å². The third-order valence-corrected chi connectivity index (χ3v) is 6.29. The number of ether oxygens (including phenoxy) is 4. The predicted octanol–water partition coefficient (Wildman–Crippen LogP) is 3.03. The Morgan fingerprint density at radius 1 is 0.622 bits per heavy atom. The Morgan fingerprint density at radius 3 is 1.49 bits per heavy atom. The number of hydrogen-bond donors (Lipinski definition) is 0. The van der Waals surface area contributed by atoms with Gasteiger partial charge < -0.3 is 18.9 Å². The highest BCUT2D eigenvalue weighted by molar-refractivity contribution is 6.99. The molecule has 0 N–H and O–H groups in total. The molecule has 0 spiro atoms. The molecule has 0 bridgehead atoms. The van der Waals surface area contributed by atoms with Crippen molar-refractivity contribution in [3.8, 4) is 34.3 Å². The monoisotopic (exact) mass is 544 g/mol. The van der Waals surface area contributed by atoms with Crippen molar-refractivity contribution in [2.24, 2.45) is 14.1 Å². The van der Waals surface area contributed by atoms with Crippen molar-refractivity contribution in [3.05, 3.63) is 49.1 Å². The number of hydrogen-bond acceptors (Lipinski definition) is 10. The van der Waals surface area contributed by atoms with Crippen molar-refractivity contribution in [2.45, 2.75) is 19.3 Å². The SMILES string of the molecule is C[n+]1cccc(-c2nsnc2OCCCOCCCOCCCOc2nsnc2-c2ccc[n+](C)c2)c1. The van der Waals surface area contributed by atoms with Crippen LogP contribution in [0.1, 0.15) is 19.3 Å². The lowest BCUT2D eigenvalue weighted by molar-refractivity contribution is -0.671. The topological polar surface area (TPSA) is 96.2 Å².